The van der Waals surface area contributed by atoms with Gasteiger partial charge < -0.3 is 4.90 Å². The molecule has 1 saturated heterocycles. The summed E-state index contributed by atoms with van der Waals surface area (Å²) in [6.07, 6.45) is 4.14. The topological polar surface area (TPSA) is 3.24 Å². The lowest BCUT2D eigenvalue weighted by atomic mass is 9.80. The Morgan fingerprint density at radius 2 is 2.36 bits per heavy atom. The highest BCUT2D eigenvalue weighted by molar-refractivity contribution is 6.11. The maximum atomic E-state index is 2.63. The van der Waals surface area contributed by atoms with E-state index in [4.69, 9.17) is 0 Å². The van der Waals surface area contributed by atoms with E-state index in [0.29, 0.717) is 0 Å². The van der Waals surface area contributed by atoms with E-state index in [-0.39, 0.29) is 0 Å². The van der Waals surface area contributed by atoms with Gasteiger partial charge in [-0.3, -0.25) is 0 Å². The third kappa shape index (κ3) is 2.51. The van der Waals surface area contributed by atoms with Gasteiger partial charge in [0.15, 0.2) is 0 Å². The van der Waals surface area contributed by atoms with Gasteiger partial charge in [0.05, 0.1) is 0 Å². The molecule has 0 aliphatic carbocycles. The molecule has 1 nitrogen and oxygen atoms in total. The predicted octanol–water partition coefficient (Wildman–Crippen LogP) is 1.30. The van der Waals surface area contributed by atoms with Gasteiger partial charge in [-0.15, -0.1) is 0 Å². The molecule has 1 aliphatic rings. The molecule has 0 bridgehead atoms. The van der Waals surface area contributed by atoms with Crippen LogP contribution < -0.4 is 0 Å². The van der Waals surface area contributed by atoms with Crippen molar-refractivity contribution in [3.8, 4) is 0 Å². The van der Waals surface area contributed by atoms with Crippen LogP contribution in [-0.2, 0) is 0 Å². The van der Waals surface area contributed by atoms with E-state index in [2.05, 4.69) is 26.6 Å². The normalized spacial score (nSPS) is 30.2. The van der Waals surface area contributed by atoms with Crippen LogP contribution in [0.25, 0.3) is 0 Å². The lowest BCUT2D eigenvalue weighted by molar-refractivity contribution is 0.171. The maximum Gasteiger partial charge on any atom is 0.107 e. The third-order valence-corrected chi connectivity index (χ3v) is 2.90. The van der Waals surface area contributed by atoms with Crippen molar-refractivity contribution >= 4 is 7.85 Å². The molecule has 2 atom stereocenters. The number of likely N-dealkylation sites (tertiary alicyclic amines) is 1. The largest absolute Gasteiger partial charge is 0.301 e. The summed E-state index contributed by atoms with van der Waals surface area (Å²) in [6, 6.07) is 0.803. The highest BCUT2D eigenvalue weighted by Crippen LogP contribution is 2.20. The number of nitrogens with zero attached hydrogens (tertiary/aromatic N) is 1. The zero-order chi connectivity index (χ0) is 8.27. The first-order chi connectivity index (χ1) is 5.24. The second-order valence-corrected chi connectivity index (χ2v) is 4.00. The van der Waals surface area contributed by atoms with Crippen molar-refractivity contribution in [2.75, 3.05) is 13.1 Å². The molecule has 0 spiro atoms. The molecule has 1 aliphatic heterocycles. The SMILES string of the molecule is BC1CCCN(C(C)CC)C1. The molecule has 2 heteroatoms. The van der Waals surface area contributed by atoms with Gasteiger partial charge in [-0.05, 0) is 32.9 Å². The summed E-state index contributed by atoms with van der Waals surface area (Å²) < 4.78 is 0. The number of rotatable bonds is 2. The minimum atomic E-state index is 0.803. The molecule has 0 radical (unpaired) electrons. The Bertz CT molecular complexity index is 116. The number of hydrogen-bond donors (Lipinski definition) is 0. The van der Waals surface area contributed by atoms with Crippen LogP contribution in [0.5, 0.6) is 0 Å². The van der Waals surface area contributed by atoms with Crippen LogP contribution in [0, 0.1) is 0 Å². The summed E-state index contributed by atoms with van der Waals surface area (Å²) in [5.74, 6) is 0.928. The fourth-order valence-corrected chi connectivity index (χ4v) is 1.88. The Labute approximate surface area is 71.6 Å². The van der Waals surface area contributed by atoms with Gasteiger partial charge in [0.25, 0.3) is 0 Å². The summed E-state index contributed by atoms with van der Waals surface area (Å²) in [5.41, 5.74) is 0. The van der Waals surface area contributed by atoms with Crippen LogP contribution in [0.4, 0.5) is 0 Å². The second kappa shape index (κ2) is 4.15. The summed E-state index contributed by atoms with van der Waals surface area (Å²) in [4.78, 5) is 2.63. The Morgan fingerprint density at radius 1 is 1.64 bits per heavy atom. The molecular weight excluding hydrogens is 133 g/mol. The Hall–Kier alpha value is 0.0249. The maximum absolute atomic E-state index is 2.63. The van der Waals surface area contributed by atoms with E-state index in [1.807, 2.05) is 0 Å². The van der Waals surface area contributed by atoms with Crippen LogP contribution >= 0.6 is 0 Å². The Balaban J connectivity index is 2.33. The molecule has 1 heterocycles. The van der Waals surface area contributed by atoms with Gasteiger partial charge in [-0.1, -0.05) is 19.2 Å². The highest BCUT2D eigenvalue weighted by atomic mass is 15.2. The van der Waals surface area contributed by atoms with Gasteiger partial charge in [0, 0.05) is 6.04 Å². The molecule has 1 rings (SSSR count). The summed E-state index contributed by atoms with van der Waals surface area (Å²) in [5, 5.41) is 0. The van der Waals surface area contributed by atoms with E-state index < -0.39 is 0 Å². The minimum absolute atomic E-state index is 0.803. The van der Waals surface area contributed by atoms with Gasteiger partial charge in [0.2, 0.25) is 0 Å². The molecule has 0 N–H and O–H groups in total. The van der Waals surface area contributed by atoms with Crippen LogP contribution in [-0.4, -0.2) is 31.9 Å². The van der Waals surface area contributed by atoms with Crippen LogP contribution in [0.15, 0.2) is 0 Å². The summed E-state index contributed by atoms with van der Waals surface area (Å²) >= 11 is 0. The van der Waals surface area contributed by atoms with Gasteiger partial charge in [-0.25, -0.2) is 0 Å². The fraction of sp³-hybridized carbons (Fsp3) is 1.00. The van der Waals surface area contributed by atoms with Crippen molar-refractivity contribution in [1.82, 2.24) is 4.90 Å². The van der Waals surface area contributed by atoms with Gasteiger partial charge in [-0.2, -0.15) is 0 Å². The van der Waals surface area contributed by atoms with E-state index in [0.717, 1.165) is 11.9 Å². The first-order valence-electron chi connectivity index (χ1n) is 4.98. The van der Waals surface area contributed by atoms with E-state index in [9.17, 15) is 0 Å². The monoisotopic (exact) mass is 153 g/mol. The zero-order valence-electron chi connectivity index (χ0n) is 8.14. The van der Waals surface area contributed by atoms with Crippen LogP contribution in [0.3, 0.4) is 0 Å². The van der Waals surface area contributed by atoms with Crippen molar-refractivity contribution < 1.29 is 0 Å². The molecule has 2 unspecified atom stereocenters. The molecule has 0 aromatic heterocycles. The van der Waals surface area contributed by atoms with E-state index in [1.165, 1.54) is 32.4 Å². The Morgan fingerprint density at radius 3 is 2.91 bits per heavy atom. The average molecular weight is 153 g/mol. The lowest BCUT2D eigenvalue weighted by Gasteiger charge is -2.35. The Kier molecular flexibility index (Phi) is 3.44. The molecule has 0 saturated carbocycles. The van der Waals surface area contributed by atoms with Crippen molar-refractivity contribution in [2.24, 2.45) is 0 Å². The first kappa shape index (κ1) is 9.12. The highest BCUT2D eigenvalue weighted by Gasteiger charge is 2.19. The molecule has 64 valence electrons. The average Bonchev–Trinajstić information content (AvgIpc) is 2.03. The van der Waals surface area contributed by atoms with Crippen molar-refractivity contribution in [1.29, 1.82) is 0 Å². The van der Waals surface area contributed by atoms with Gasteiger partial charge in [0.1, 0.15) is 7.85 Å². The molecule has 0 aromatic carbocycles. The molecule has 1 fully saturated rings. The quantitative estimate of drug-likeness (QED) is 0.540. The predicted molar refractivity (Wildman–Crippen MR) is 52.9 cm³/mol. The lowest BCUT2D eigenvalue weighted by Crippen LogP contribution is -2.39. The molecule has 0 aromatic rings. The first-order valence-corrected chi connectivity index (χ1v) is 4.98. The fourth-order valence-electron chi connectivity index (χ4n) is 1.88. The van der Waals surface area contributed by atoms with Crippen LogP contribution in [0.1, 0.15) is 33.1 Å². The third-order valence-electron chi connectivity index (χ3n) is 2.90. The number of hydrogen-bond acceptors (Lipinski definition) is 1. The van der Waals surface area contributed by atoms with Crippen molar-refractivity contribution in [3.05, 3.63) is 0 Å². The smallest absolute Gasteiger partial charge is 0.107 e. The molecule has 0 amide bonds. The van der Waals surface area contributed by atoms with Crippen molar-refractivity contribution in [2.45, 2.75) is 45.0 Å². The van der Waals surface area contributed by atoms with Crippen LogP contribution in [0.2, 0.25) is 5.82 Å². The number of piperidine rings is 1. The van der Waals surface area contributed by atoms with Crippen molar-refractivity contribution in [3.63, 3.8) is 0 Å². The van der Waals surface area contributed by atoms with Gasteiger partial charge >= 0.3 is 0 Å². The molecule has 11 heavy (non-hydrogen) atoms. The molecular formula is C9H20BN. The summed E-state index contributed by atoms with van der Waals surface area (Å²) in [7, 11) is 2.37. The van der Waals surface area contributed by atoms with E-state index >= 15 is 0 Å². The zero-order valence-corrected chi connectivity index (χ0v) is 8.14. The standard InChI is InChI=1S/C9H20BN/c1-3-8(2)11-6-4-5-9(10)7-11/h8-9H,3-7,10H2,1-2H3. The summed E-state index contributed by atoms with van der Waals surface area (Å²) in [6.45, 7) is 7.29. The second-order valence-electron chi connectivity index (χ2n) is 4.00. The van der Waals surface area contributed by atoms with E-state index in [1.54, 1.807) is 0 Å². The minimum Gasteiger partial charge on any atom is -0.301 e.